The number of hydrogen-bond donors (Lipinski definition) is 0. The van der Waals surface area contributed by atoms with Gasteiger partial charge in [0.2, 0.25) is 0 Å². The van der Waals surface area contributed by atoms with Crippen LogP contribution in [0.4, 0.5) is 0 Å². The van der Waals surface area contributed by atoms with E-state index in [0.29, 0.717) is 13.2 Å². The third kappa shape index (κ3) is 2.51. The minimum absolute atomic E-state index is 0.186. The second kappa shape index (κ2) is 4.86. The Morgan fingerprint density at radius 3 is 2.00 bits per heavy atom. The van der Waals surface area contributed by atoms with Gasteiger partial charge < -0.3 is 9.47 Å². The summed E-state index contributed by atoms with van der Waals surface area (Å²) in [6.07, 6.45) is 0. The molecule has 0 amide bonds. The summed E-state index contributed by atoms with van der Waals surface area (Å²) in [7, 11) is 0. The summed E-state index contributed by atoms with van der Waals surface area (Å²) in [5, 5.41) is 0. The summed E-state index contributed by atoms with van der Waals surface area (Å²) in [5.41, 5.74) is 3.90. The SMILES string of the molecule is CC(C)(C)c1ccc(-c2ccc3c(c2)OCCO3)cc1. The Labute approximate surface area is 120 Å². The van der Waals surface area contributed by atoms with Crippen LogP contribution in [0.3, 0.4) is 0 Å². The summed E-state index contributed by atoms with van der Waals surface area (Å²) in [5.74, 6) is 1.68. The van der Waals surface area contributed by atoms with Crippen LogP contribution < -0.4 is 9.47 Å². The van der Waals surface area contributed by atoms with Crippen molar-refractivity contribution in [2.45, 2.75) is 26.2 Å². The fraction of sp³-hybridized carbons (Fsp3) is 0.333. The molecule has 0 fully saturated rings. The molecule has 0 bridgehead atoms. The molecular weight excluding hydrogens is 248 g/mol. The van der Waals surface area contributed by atoms with Crippen molar-refractivity contribution in [2.75, 3.05) is 13.2 Å². The van der Waals surface area contributed by atoms with Crippen LogP contribution >= 0.6 is 0 Å². The Hall–Kier alpha value is -1.96. The first-order valence-electron chi connectivity index (χ1n) is 7.04. The molecular formula is C18H20O2. The third-order valence-electron chi connectivity index (χ3n) is 3.63. The minimum Gasteiger partial charge on any atom is -0.486 e. The number of hydrogen-bond acceptors (Lipinski definition) is 2. The minimum atomic E-state index is 0.186. The zero-order valence-electron chi connectivity index (χ0n) is 12.3. The maximum absolute atomic E-state index is 5.64. The van der Waals surface area contributed by atoms with Crippen molar-refractivity contribution < 1.29 is 9.47 Å². The van der Waals surface area contributed by atoms with E-state index in [9.17, 15) is 0 Å². The molecule has 1 heterocycles. The first kappa shape index (κ1) is 13.0. The predicted molar refractivity (Wildman–Crippen MR) is 81.6 cm³/mol. The fourth-order valence-corrected chi connectivity index (χ4v) is 2.39. The molecule has 104 valence electrons. The van der Waals surface area contributed by atoms with Crippen molar-refractivity contribution in [3.63, 3.8) is 0 Å². The summed E-state index contributed by atoms with van der Waals surface area (Å²) < 4.78 is 11.2. The summed E-state index contributed by atoms with van der Waals surface area (Å²) in [4.78, 5) is 0. The van der Waals surface area contributed by atoms with Crippen LogP contribution in [-0.4, -0.2) is 13.2 Å². The number of ether oxygens (including phenoxy) is 2. The van der Waals surface area contributed by atoms with Crippen molar-refractivity contribution in [2.24, 2.45) is 0 Å². The molecule has 0 aromatic heterocycles. The van der Waals surface area contributed by atoms with Gasteiger partial charge >= 0.3 is 0 Å². The van der Waals surface area contributed by atoms with Gasteiger partial charge in [-0.05, 0) is 34.2 Å². The van der Waals surface area contributed by atoms with Gasteiger partial charge in [-0.25, -0.2) is 0 Å². The van der Waals surface area contributed by atoms with Crippen LogP contribution in [-0.2, 0) is 5.41 Å². The van der Waals surface area contributed by atoms with Crippen molar-refractivity contribution in [1.29, 1.82) is 0 Å². The first-order chi connectivity index (χ1) is 9.54. The smallest absolute Gasteiger partial charge is 0.161 e. The molecule has 0 aliphatic carbocycles. The van der Waals surface area contributed by atoms with Crippen molar-refractivity contribution in [1.82, 2.24) is 0 Å². The van der Waals surface area contributed by atoms with Crippen molar-refractivity contribution in [3.05, 3.63) is 48.0 Å². The Morgan fingerprint density at radius 2 is 1.35 bits per heavy atom. The van der Waals surface area contributed by atoms with Crippen molar-refractivity contribution >= 4 is 0 Å². The standard InChI is InChI=1S/C18H20O2/c1-18(2,3)15-7-4-13(5-8-15)14-6-9-16-17(12-14)20-11-10-19-16/h4-9,12H,10-11H2,1-3H3. The molecule has 2 heteroatoms. The molecule has 1 aliphatic heterocycles. The average molecular weight is 268 g/mol. The molecule has 0 unspecified atom stereocenters. The highest BCUT2D eigenvalue weighted by Gasteiger charge is 2.15. The van der Waals surface area contributed by atoms with Crippen LogP contribution in [0, 0.1) is 0 Å². The monoisotopic (exact) mass is 268 g/mol. The van der Waals surface area contributed by atoms with E-state index < -0.39 is 0 Å². The number of rotatable bonds is 1. The Bertz CT molecular complexity index is 606. The van der Waals surface area contributed by atoms with Crippen LogP contribution in [0.5, 0.6) is 11.5 Å². The van der Waals surface area contributed by atoms with Gasteiger partial charge in [-0.1, -0.05) is 51.1 Å². The van der Waals surface area contributed by atoms with E-state index in [1.807, 2.05) is 6.07 Å². The van der Waals surface area contributed by atoms with Gasteiger partial charge in [-0.2, -0.15) is 0 Å². The van der Waals surface area contributed by atoms with Crippen LogP contribution in [0.15, 0.2) is 42.5 Å². The molecule has 0 N–H and O–H groups in total. The highest BCUT2D eigenvalue weighted by atomic mass is 16.6. The predicted octanol–water partition coefficient (Wildman–Crippen LogP) is 4.42. The summed E-state index contributed by atoms with van der Waals surface area (Å²) in [6, 6.07) is 14.9. The molecule has 0 radical (unpaired) electrons. The highest BCUT2D eigenvalue weighted by molar-refractivity contribution is 5.67. The van der Waals surface area contributed by atoms with E-state index >= 15 is 0 Å². The fourth-order valence-electron chi connectivity index (χ4n) is 2.39. The topological polar surface area (TPSA) is 18.5 Å². The maximum atomic E-state index is 5.64. The lowest BCUT2D eigenvalue weighted by Crippen LogP contribution is -2.15. The largest absolute Gasteiger partial charge is 0.486 e. The zero-order valence-corrected chi connectivity index (χ0v) is 12.3. The van der Waals surface area contributed by atoms with Gasteiger partial charge in [0.15, 0.2) is 11.5 Å². The number of fused-ring (bicyclic) bond motifs is 1. The van der Waals surface area contributed by atoms with Crippen LogP contribution in [0.1, 0.15) is 26.3 Å². The van der Waals surface area contributed by atoms with Crippen LogP contribution in [0.2, 0.25) is 0 Å². The lowest BCUT2D eigenvalue weighted by molar-refractivity contribution is 0.171. The molecule has 2 aromatic carbocycles. The second-order valence-electron chi connectivity index (χ2n) is 6.19. The zero-order chi connectivity index (χ0) is 14.2. The quantitative estimate of drug-likeness (QED) is 0.762. The van der Waals surface area contributed by atoms with Crippen LogP contribution in [0.25, 0.3) is 11.1 Å². The first-order valence-corrected chi connectivity index (χ1v) is 7.04. The molecule has 0 spiro atoms. The van der Waals surface area contributed by atoms with Gasteiger partial charge in [0.1, 0.15) is 13.2 Å². The van der Waals surface area contributed by atoms with Gasteiger partial charge in [-0.15, -0.1) is 0 Å². The third-order valence-corrected chi connectivity index (χ3v) is 3.63. The van der Waals surface area contributed by atoms with E-state index in [0.717, 1.165) is 17.1 Å². The average Bonchev–Trinajstić information content (AvgIpc) is 2.46. The lowest BCUT2D eigenvalue weighted by atomic mass is 9.86. The maximum Gasteiger partial charge on any atom is 0.161 e. The Kier molecular flexibility index (Phi) is 3.17. The molecule has 0 saturated heterocycles. The Balaban J connectivity index is 1.93. The van der Waals surface area contributed by atoms with E-state index in [1.54, 1.807) is 0 Å². The van der Waals surface area contributed by atoms with E-state index in [-0.39, 0.29) is 5.41 Å². The van der Waals surface area contributed by atoms with Gasteiger partial charge in [0, 0.05) is 0 Å². The molecule has 20 heavy (non-hydrogen) atoms. The van der Waals surface area contributed by atoms with E-state index in [4.69, 9.17) is 9.47 Å². The van der Waals surface area contributed by atoms with Gasteiger partial charge in [0.05, 0.1) is 0 Å². The molecule has 2 aromatic rings. The van der Waals surface area contributed by atoms with Gasteiger partial charge in [0.25, 0.3) is 0 Å². The van der Waals surface area contributed by atoms with E-state index in [1.165, 1.54) is 11.1 Å². The highest BCUT2D eigenvalue weighted by Crippen LogP contribution is 2.35. The second-order valence-corrected chi connectivity index (χ2v) is 6.19. The Morgan fingerprint density at radius 1 is 0.750 bits per heavy atom. The van der Waals surface area contributed by atoms with Crippen molar-refractivity contribution in [3.8, 4) is 22.6 Å². The molecule has 1 aliphatic rings. The normalized spacial score (nSPS) is 14.2. The van der Waals surface area contributed by atoms with E-state index in [2.05, 4.69) is 57.2 Å². The molecule has 0 saturated carbocycles. The molecule has 2 nitrogen and oxygen atoms in total. The molecule has 3 rings (SSSR count). The van der Waals surface area contributed by atoms with Gasteiger partial charge in [-0.3, -0.25) is 0 Å². The lowest BCUT2D eigenvalue weighted by Gasteiger charge is -2.20. The molecule has 0 atom stereocenters. The summed E-state index contributed by atoms with van der Waals surface area (Å²) >= 11 is 0. The summed E-state index contributed by atoms with van der Waals surface area (Å²) in [6.45, 7) is 7.94. The number of benzene rings is 2.